The van der Waals surface area contributed by atoms with Crippen molar-refractivity contribution in [1.82, 2.24) is 35.2 Å². The van der Waals surface area contributed by atoms with Gasteiger partial charge in [0.1, 0.15) is 5.82 Å². The highest BCUT2D eigenvalue weighted by molar-refractivity contribution is 5.79. The average Bonchev–Trinajstić information content (AvgIpc) is 3.41. The first kappa shape index (κ1) is 19.4. The molecule has 1 aliphatic rings. The molecule has 3 rings (SSSR count). The molecule has 8 nitrogen and oxygen atoms in total. The van der Waals surface area contributed by atoms with E-state index < -0.39 is 0 Å². The second-order valence-electron chi connectivity index (χ2n) is 7.25. The van der Waals surface area contributed by atoms with Gasteiger partial charge in [0, 0.05) is 19.8 Å². The van der Waals surface area contributed by atoms with Gasteiger partial charge in [-0.15, -0.1) is 10.2 Å². The number of aryl methyl sites for hydroxylation is 1. The number of hydrogen-bond donors (Lipinski definition) is 2. The molecule has 1 saturated carbocycles. The zero-order chi connectivity index (χ0) is 19.1. The summed E-state index contributed by atoms with van der Waals surface area (Å²) in [6, 6.07) is 2.65. The van der Waals surface area contributed by atoms with Crippen LogP contribution < -0.4 is 10.6 Å². The summed E-state index contributed by atoms with van der Waals surface area (Å²) in [6.07, 6.45) is 9.47. The minimum atomic E-state index is 0.568. The third kappa shape index (κ3) is 5.30. The van der Waals surface area contributed by atoms with Crippen LogP contribution in [0.5, 0.6) is 0 Å². The van der Waals surface area contributed by atoms with Crippen LogP contribution in [0.25, 0.3) is 0 Å². The minimum Gasteiger partial charge on any atom is -0.356 e. The Morgan fingerprint density at radius 3 is 2.78 bits per heavy atom. The van der Waals surface area contributed by atoms with Crippen molar-refractivity contribution < 1.29 is 0 Å². The van der Waals surface area contributed by atoms with E-state index in [1.807, 2.05) is 18.5 Å². The largest absolute Gasteiger partial charge is 0.356 e. The van der Waals surface area contributed by atoms with Crippen molar-refractivity contribution in [3.05, 3.63) is 29.6 Å². The lowest BCUT2D eigenvalue weighted by Gasteiger charge is -2.12. The number of aliphatic imine (C=N–C) groups is 1. The summed E-state index contributed by atoms with van der Waals surface area (Å²) in [4.78, 5) is 4.72. The average molecular weight is 373 g/mol. The normalized spacial score (nSPS) is 15.4. The van der Waals surface area contributed by atoms with Crippen LogP contribution in [0.3, 0.4) is 0 Å². The molecule has 0 spiro atoms. The van der Waals surface area contributed by atoms with Crippen molar-refractivity contribution in [3.8, 4) is 0 Å². The molecular weight excluding hydrogens is 340 g/mol. The molecule has 0 unspecified atom stereocenters. The molecule has 2 aromatic rings. The molecule has 0 aromatic carbocycles. The van der Waals surface area contributed by atoms with E-state index in [9.17, 15) is 0 Å². The predicted octanol–water partition coefficient (Wildman–Crippen LogP) is 2.47. The molecule has 27 heavy (non-hydrogen) atoms. The number of nitrogens with one attached hydrogen (secondary N) is 2. The van der Waals surface area contributed by atoms with Gasteiger partial charge < -0.3 is 15.2 Å². The molecule has 148 valence electrons. The standard InChI is InChI=1S/C19H32N8/c1-4-5-11-20-19(22-14-18-24-23-15(2)26(18)3)21-13-16-10-12-27(25-16)17-8-6-7-9-17/h10,12,17H,4-9,11,13-14H2,1-3H3,(H2,20,21,22). The van der Waals surface area contributed by atoms with Gasteiger partial charge in [-0.3, -0.25) is 4.68 Å². The summed E-state index contributed by atoms with van der Waals surface area (Å²) in [5.74, 6) is 2.59. The van der Waals surface area contributed by atoms with Gasteiger partial charge in [0.2, 0.25) is 0 Å². The van der Waals surface area contributed by atoms with Crippen LogP contribution in [0, 0.1) is 6.92 Å². The molecule has 1 fully saturated rings. The fourth-order valence-electron chi connectivity index (χ4n) is 3.32. The van der Waals surface area contributed by atoms with Gasteiger partial charge in [-0.2, -0.15) is 5.10 Å². The zero-order valence-corrected chi connectivity index (χ0v) is 16.8. The fraction of sp³-hybridized carbons (Fsp3) is 0.684. The van der Waals surface area contributed by atoms with Crippen molar-refractivity contribution in [2.24, 2.45) is 12.0 Å². The van der Waals surface area contributed by atoms with Gasteiger partial charge in [0.25, 0.3) is 0 Å². The first-order chi connectivity index (χ1) is 13.2. The fourth-order valence-corrected chi connectivity index (χ4v) is 3.32. The summed E-state index contributed by atoms with van der Waals surface area (Å²) in [5.41, 5.74) is 1.01. The van der Waals surface area contributed by atoms with Gasteiger partial charge in [0.05, 0.1) is 24.8 Å². The number of unbranched alkanes of at least 4 members (excludes halogenated alkanes) is 1. The maximum Gasteiger partial charge on any atom is 0.192 e. The highest BCUT2D eigenvalue weighted by Crippen LogP contribution is 2.28. The van der Waals surface area contributed by atoms with Crippen LogP contribution in [0.4, 0.5) is 0 Å². The molecular formula is C19H32N8. The van der Waals surface area contributed by atoms with E-state index in [1.165, 1.54) is 25.7 Å². The molecule has 2 aromatic heterocycles. The number of guanidine groups is 1. The lowest BCUT2D eigenvalue weighted by Crippen LogP contribution is -2.38. The van der Waals surface area contributed by atoms with E-state index >= 15 is 0 Å². The maximum atomic E-state index is 4.72. The Bertz CT molecular complexity index is 739. The highest BCUT2D eigenvalue weighted by atomic mass is 15.3. The highest BCUT2D eigenvalue weighted by Gasteiger charge is 2.17. The Hall–Kier alpha value is -2.38. The SMILES string of the molecule is CCCCNC(=NCc1ccn(C2CCCC2)n1)NCc1nnc(C)n1C. The molecule has 0 saturated heterocycles. The number of rotatable bonds is 8. The Balaban J connectivity index is 1.59. The zero-order valence-electron chi connectivity index (χ0n) is 16.8. The van der Waals surface area contributed by atoms with Crippen molar-refractivity contribution in [3.63, 3.8) is 0 Å². The lowest BCUT2D eigenvalue weighted by molar-refractivity contribution is 0.463. The van der Waals surface area contributed by atoms with E-state index in [1.54, 1.807) is 0 Å². The Morgan fingerprint density at radius 2 is 2.07 bits per heavy atom. The summed E-state index contributed by atoms with van der Waals surface area (Å²) in [5, 5.41) is 19.8. The number of aromatic nitrogens is 5. The third-order valence-corrected chi connectivity index (χ3v) is 5.18. The second kappa shape index (κ2) is 9.53. The Morgan fingerprint density at radius 1 is 1.26 bits per heavy atom. The first-order valence-electron chi connectivity index (χ1n) is 10.1. The van der Waals surface area contributed by atoms with Crippen LogP contribution >= 0.6 is 0 Å². The minimum absolute atomic E-state index is 0.568. The van der Waals surface area contributed by atoms with E-state index in [2.05, 4.69) is 44.7 Å². The van der Waals surface area contributed by atoms with Crippen LogP contribution in [0.1, 0.15) is 68.8 Å². The summed E-state index contributed by atoms with van der Waals surface area (Å²) in [7, 11) is 1.98. The molecule has 2 heterocycles. The van der Waals surface area contributed by atoms with Crippen LogP contribution in [0.2, 0.25) is 0 Å². The lowest BCUT2D eigenvalue weighted by atomic mass is 10.3. The molecule has 2 N–H and O–H groups in total. The van der Waals surface area contributed by atoms with Crippen LogP contribution in [-0.4, -0.2) is 37.0 Å². The maximum absolute atomic E-state index is 4.72. The molecule has 0 aliphatic heterocycles. The number of nitrogens with zero attached hydrogens (tertiary/aromatic N) is 6. The quantitative estimate of drug-likeness (QED) is 0.422. The smallest absolute Gasteiger partial charge is 0.192 e. The van der Waals surface area contributed by atoms with E-state index in [0.717, 1.165) is 42.7 Å². The van der Waals surface area contributed by atoms with Crippen LogP contribution in [0.15, 0.2) is 17.3 Å². The van der Waals surface area contributed by atoms with Crippen LogP contribution in [-0.2, 0) is 20.1 Å². The molecule has 1 aliphatic carbocycles. The Kier molecular flexibility index (Phi) is 6.84. The van der Waals surface area contributed by atoms with Crippen molar-refractivity contribution in [2.45, 2.75) is 71.5 Å². The van der Waals surface area contributed by atoms with Gasteiger partial charge in [-0.25, -0.2) is 4.99 Å². The third-order valence-electron chi connectivity index (χ3n) is 5.18. The van der Waals surface area contributed by atoms with Gasteiger partial charge >= 0.3 is 0 Å². The van der Waals surface area contributed by atoms with E-state index in [4.69, 9.17) is 10.1 Å². The van der Waals surface area contributed by atoms with Gasteiger partial charge in [-0.05, 0) is 32.3 Å². The summed E-state index contributed by atoms with van der Waals surface area (Å²) >= 11 is 0. The molecule has 0 bridgehead atoms. The van der Waals surface area contributed by atoms with E-state index in [0.29, 0.717) is 19.1 Å². The second-order valence-corrected chi connectivity index (χ2v) is 7.25. The summed E-state index contributed by atoms with van der Waals surface area (Å²) < 4.78 is 4.11. The molecule has 0 amide bonds. The van der Waals surface area contributed by atoms with Crippen molar-refractivity contribution in [2.75, 3.05) is 6.54 Å². The monoisotopic (exact) mass is 372 g/mol. The molecule has 0 atom stereocenters. The van der Waals surface area contributed by atoms with Gasteiger partial charge in [-0.1, -0.05) is 26.2 Å². The first-order valence-corrected chi connectivity index (χ1v) is 10.1. The topological polar surface area (TPSA) is 84.9 Å². The number of hydrogen-bond acceptors (Lipinski definition) is 4. The van der Waals surface area contributed by atoms with E-state index in [-0.39, 0.29) is 0 Å². The summed E-state index contributed by atoms with van der Waals surface area (Å²) in [6.45, 7) is 6.19. The molecule has 0 radical (unpaired) electrons. The predicted molar refractivity (Wildman–Crippen MR) is 106 cm³/mol. The molecule has 8 heteroatoms. The van der Waals surface area contributed by atoms with Crippen molar-refractivity contribution >= 4 is 5.96 Å². The van der Waals surface area contributed by atoms with Crippen molar-refractivity contribution in [1.29, 1.82) is 0 Å². The Labute approximate surface area is 161 Å². The van der Waals surface area contributed by atoms with Gasteiger partial charge in [0.15, 0.2) is 11.8 Å².